The number of amides is 2. The van der Waals surface area contributed by atoms with Crippen LogP contribution in [0.25, 0.3) is 0 Å². The number of nitrogens with zero attached hydrogens (tertiary/aromatic N) is 2. The van der Waals surface area contributed by atoms with Crippen molar-refractivity contribution in [3.05, 3.63) is 82.6 Å². The van der Waals surface area contributed by atoms with Gasteiger partial charge in [-0.2, -0.15) is 0 Å². The summed E-state index contributed by atoms with van der Waals surface area (Å²) in [6.07, 6.45) is -0.139. The van der Waals surface area contributed by atoms with E-state index < -0.39 is 23.6 Å². The van der Waals surface area contributed by atoms with E-state index in [0.29, 0.717) is 17.9 Å². The Balaban J connectivity index is 1.58. The summed E-state index contributed by atoms with van der Waals surface area (Å²) < 4.78 is 26.5. The van der Waals surface area contributed by atoms with E-state index in [4.69, 9.17) is 12.2 Å². The van der Waals surface area contributed by atoms with Crippen LogP contribution in [-0.4, -0.2) is 27.9 Å². The molecule has 1 saturated heterocycles. The highest BCUT2D eigenvalue weighted by Crippen LogP contribution is 2.29. The summed E-state index contributed by atoms with van der Waals surface area (Å²) in [6.45, 7) is 0.369. The van der Waals surface area contributed by atoms with Gasteiger partial charge in [-0.1, -0.05) is 6.07 Å². The van der Waals surface area contributed by atoms with Crippen LogP contribution >= 0.6 is 23.6 Å². The lowest BCUT2D eigenvalue weighted by Gasteiger charge is -2.23. The molecule has 1 aliphatic rings. The zero-order valence-corrected chi connectivity index (χ0v) is 17.8. The number of thiocarbonyl (C=S) groups is 1. The Morgan fingerprint density at radius 2 is 1.68 bits per heavy atom. The Morgan fingerprint density at radius 3 is 2.29 bits per heavy atom. The highest BCUT2D eigenvalue weighted by Gasteiger charge is 2.44. The van der Waals surface area contributed by atoms with E-state index >= 15 is 0 Å². The van der Waals surface area contributed by atoms with E-state index in [2.05, 4.69) is 5.32 Å². The summed E-state index contributed by atoms with van der Waals surface area (Å²) in [5, 5.41) is 4.85. The second-order valence-corrected chi connectivity index (χ2v) is 8.31. The number of anilines is 2. The van der Waals surface area contributed by atoms with Crippen molar-refractivity contribution in [2.75, 3.05) is 10.2 Å². The van der Waals surface area contributed by atoms with Gasteiger partial charge in [0.1, 0.15) is 17.7 Å². The maximum atomic E-state index is 13.4. The molecule has 31 heavy (non-hydrogen) atoms. The third-order valence-electron chi connectivity index (χ3n) is 4.82. The summed E-state index contributed by atoms with van der Waals surface area (Å²) in [4.78, 5) is 29.9. The fourth-order valence-electron chi connectivity index (χ4n) is 3.33. The van der Waals surface area contributed by atoms with Gasteiger partial charge in [-0.05, 0) is 72.2 Å². The highest BCUT2D eigenvalue weighted by atomic mass is 32.1. The molecule has 3 aromatic rings. The number of carbonyl (C=O) groups excluding carboxylic acids is 2. The second kappa shape index (κ2) is 8.91. The second-order valence-electron chi connectivity index (χ2n) is 6.91. The van der Waals surface area contributed by atoms with Crippen molar-refractivity contribution in [2.24, 2.45) is 0 Å². The van der Waals surface area contributed by atoms with Gasteiger partial charge < -0.3 is 10.2 Å². The first-order chi connectivity index (χ1) is 14.9. The Morgan fingerprint density at radius 1 is 1.03 bits per heavy atom. The third-order valence-corrected chi connectivity index (χ3v) is 6.09. The van der Waals surface area contributed by atoms with Crippen LogP contribution in [0.2, 0.25) is 0 Å². The summed E-state index contributed by atoms with van der Waals surface area (Å²) >= 11 is 7.09. The van der Waals surface area contributed by atoms with Gasteiger partial charge in [-0.25, -0.2) is 8.78 Å². The van der Waals surface area contributed by atoms with Crippen molar-refractivity contribution in [2.45, 2.75) is 19.0 Å². The van der Waals surface area contributed by atoms with Crippen molar-refractivity contribution in [1.82, 2.24) is 4.90 Å². The molecule has 4 rings (SSSR count). The molecule has 0 bridgehead atoms. The first kappa shape index (κ1) is 21.1. The van der Waals surface area contributed by atoms with Gasteiger partial charge in [0.05, 0.1) is 18.7 Å². The number of nitrogens with one attached hydrogen (secondary N) is 1. The lowest BCUT2D eigenvalue weighted by Crippen LogP contribution is -2.37. The molecule has 1 fully saturated rings. The highest BCUT2D eigenvalue weighted by molar-refractivity contribution is 7.80. The minimum Gasteiger partial charge on any atom is -0.331 e. The molecule has 0 unspecified atom stereocenters. The van der Waals surface area contributed by atoms with E-state index in [1.807, 2.05) is 17.5 Å². The van der Waals surface area contributed by atoms with Crippen LogP contribution in [0, 0.1) is 11.6 Å². The standard InChI is InChI=1S/C22H17F2N3O2S2/c23-14-3-7-16(8-4-14)25-20(28)12-19-21(29)27(17-9-5-15(24)6-10-17)22(30)26(19)13-18-2-1-11-31-18/h1-11,19H,12-13H2,(H,25,28)/t19-/m0/s1. The normalized spacial score (nSPS) is 16.1. The Hall–Kier alpha value is -3.17. The largest absolute Gasteiger partial charge is 0.331 e. The molecular weight excluding hydrogens is 440 g/mol. The van der Waals surface area contributed by atoms with Crippen LogP contribution in [0.1, 0.15) is 11.3 Å². The molecule has 1 aliphatic heterocycles. The first-order valence-corrected chi connectivity index (χ1v) is 10.7. The van der Waals surface area contributed by atoms with Crippen molar-refractivity contribution >= 4 is 51.9 Å². The van der Waals surface area contributed by atoms with E-state index in [1.54, 1.807) is 4.90 Å². The topological polar surface area (TPSA) is 52.7 Å². The third kappa shape index (κ3) is 4.62. The number of hydrogen-bond acceptors (Lipinski definition) is 4. The molecule has 1 N–H and O–H groups in total. The Kier molecular flexibility index (Phi) is 6.06. The molecular formula is C22H17F2N3O2S2. The van der Waals surface area contributed by atoms with E-state index in [0.717, 1.165) is 4.88 Å². The fourth-order valence-corrected chi connectivity index (χ4v) is 4.42. The van der Waals surface area contributed by atoms with Crippen molar-refractivity contribution in [3.8, 4) is 0 Å². The smallest absolute Gasteiger partial charge is 0.256 e. The van der Waals surface area contributed by atoms with Crippen LogP contribution in [0.3, 0.4) is 0 Å². The molecule has 5 nitrogen and oxygen atoms in total. The van der Waals surface area contributed by atoms with Crippen LogP contribution < -0.4 is 10.2 Å². The lowest BCUT2D eigenvalue weighted by atomic mass is 10.1. The van der Waals surface area contributed by atoms with Gasteiger partial charge in [0.2, 0.25) is 5.91 Å². The van der Waals surface area contributed by atoms with E-state index in [-0.39, 0.29) is 17.4 Å². The van der Waals surface area contributed by atoms with Gasteiger partial charge in [0.25, 0.3) is 5.91 Å². The minimum atomic E-state index is -0.819. The predicted molar refractivity (Wildman–Crippen MR) is 120 cm³/mol. The maximum absolute atomic E-state index is 13.4. The number of carbonyl (C=O) groups is 2. The van der Waals surface area contributed by atoms with Crippen LogP contribution in [-0.2, 0) is 16.1 Å². The van der Waals surface area contributed by atoms with E-state index in [1.165, 1.54) is 64.8 Å². The molecule has 2 heterocycles. The van der Waals surface area contributed by atoms with Gasteiger partial charge >= 0.3 is 0 Å². The number of rotatable bonds is 6. The quantitative estimate of drug-likeness (QED) is 0.552. The molecule has 0 saturated carbocycles. The molecule has 1 atom stereocenters. The molecule has 2 aromatic carbocycles. The average molecular weight is 458 g/mol. The number of benzene rings is 2. The first-order valence-electron chi connectivity index (χ1n) is 9.40. The lowest BCUT2D eigenvalue weighted by molar-refractivity contribution is -0.124. The summed E-state index contributed by atoms with van der Waals surface area (Å²) in [7, 11) is 0. The van der Waals surface area contributed by atoms with Crippen LogP contribution in [0.5, 0.6) is 0 Å². The van der Waals surface area contributed by atoms with Crippen molar-refractivity contribution in [1.29, 1.82) is 0 Å². The van der Waals surface area contributed by atoms with Crippen LogP contribution in [0.4, 0.5) is 20.2 Å². The van der Waals surface area contributed by atoms with Gasteiger partial charge in [-0.15, -0.1) is 11.3 Å². The molecule has 2 amide bonds. The average Bonchev–Trinajstić information content (AvgIpc) is 3.33. The number of halogens is 2. The molecule has 0 aliphatic carbocycles. The molecule has 158 valence electrons. The summed E-state index contributed by atoms with van der Waals surface area (Å²) in [5.74, 6) is -1.59. The Bertz CT molecular complexity index is 1100. The van der Waals surface area contributed by atoms with Gasteiger partial charge in [-0.3, -0.25) is 14.5 Å². The van der Waals surface area contributed by atoms with Crippen molar-refractivity contribution < 1.29 is 18.4 Å². The van der Waals surface area contributed by atoms with Gasteiger partial charge in [0, 0.05) is 10.6 Å². The SMILES string of the molecule is O=C(C[C@H]1C(=O)N(c2ccc(F)cc2)C(=S)N1Cc1cccs1)Nc1ccc(F)cc1. The monoisotopic (exact) mass is 457 g/mol. The maximum Gasteiger partial charge on any atom is 0.256 e. The fraction of sp³-hybridized carbons (Fsp3) is 0.136. The Labute approximate surface area is 186 Å². The summed E-state index contributed by atoms with van der Waals surface area (Å²) in [6, 6.07) is 13.8. The van der Waals surface area contributed by atoms with Gasteiger partial charge in [0.15, 0.2) is 5.11 Å². The molecule has 1 aromatic heterocycles. The number of thiophene rings is 1. The zero-order chi connectivity index (χ0) is 22.0. The zero-order valence-electron chi connectivity index (χ0n) is 16.1. The predicted octanol–water partition coefficient (Wildman–Crippen LogP) is 4.56. The minimum absolute atomic E-state index is 0.139. The molecule has 0 radical (unpaired) electrons. The van der Waals surface area contributed by atoms with Crippen LogP contribution in [0.15, 0.2) is 66.0 Å². The van der Waals surface area contributed by atoms with E-state index in [9.17, 15) is 18.4 Å². The number of hydrogen-bond donors (Lipinski definition) is 1. The molecule has 9 heteroatoms. The molecule has 0 spiro atoms. The summed E-state index contributed by atoms with van der Waals surface area (Å²) in [5.41, 5.74) is 0.869. The van der Waals surface area contributed by atoms with Crippen molar-refractivity contribution in [3.63, 3.8) is 0 Å².